The van der Waals surface area contributed by atoms with Crippen LogP contribution in [0.15, 0.2) is 48.5 Å². The number of likely N-dealkylation sites (tertiary alicyclic amines) is 1. The number of anilines is 1. The summed E-state index contributed by atoms with van der Waals surface area (Å²) >= 11 is 0. The average Bonchev–Trinajstić information content (AvgIpc) is 3.18. The number of rotatable bonds is 5. The minimum absolute atomic E-state index is 0.232. The molecule has 2 aromatic carbocycles. The predicted octanol–water partition coefficient (Wildman–Crippen LogP) is 2.04. The fraction of sp³-hybridized carbons (Fsp3) is 0.250. The Morgan fingerprint density at radius 2 is 1.67 bits per heavy atom. The Balaban J connectivity index is 1.67. The van der Waals surface area contributed by atoms with Crippen LogP contribution in [0.25, 0.3) is 0 Å². The molecule has 3 N–H and O–H groups in total. The molecule has 3 rings (SSSR count). The Bertz CT molecular complexity index is 847. The van der Waals surface area contributed by atoms with Gasteiger partial charge < -0.3 is 20.7 Å². The molecule has 0 aromatic heterocycles. The first-order chi connectivity index (χ1) is 13.0. The molecule has 0 unspecified atom stereocenters. The van der Waals surface area contributed by atoms with Crippen LogP contribution in [-0.4, -0.2) is 42.3 Å². The van der Waals surface area contributed by atoms with Crippen molar-refractivity contribution in [3.63, 3.8) is 0 Å². The Morgan fingerprint density at radius 3 is 2.26 bits per heavy atom. The number of ether oxygens (including phenoxy) is 1. The van der Waals surface area contributed by atoms with Gasteiger partial charge in [0.15, 0.2) is 0 Å². The van der Waals surface area contributed by atoms with E-state index in [1.165, 1.54) is 4.90 Å². The van der Waals surface area contributed by atoms with E-state index < -0.39 is 11.9 Å². The molecule has 0 aliphatic carbocycles. The van der Waals surface area contributed by atoms with Gasteiger partial charge in [-0.15, -0.1) is 0 Å². The maximum atomic E-state index is 12.6. The highest BCUT2D eigenvalue weighted by atomic mass is 16.5. The van der Waals surface area contributed by atoms with E-state index in [-0.39, 0.29) is 11.8 Å². The smallest absolute Gasteiger partial charge is 0.255 e. The van der Waals surface area contributed by atoms with Gasteiger partial charge in [-0.3, -0.25) is 14.4 Å². The Hall–Kier alpha value is -3.35. The van der Waals surface area contributed by atoms with Gasteiger partial charge in [-0.1, -0.05) is 0 Å². The zero-order chi connectivity index (χ0) is 19.4. The number of benzene rings is 2. The fourth-order valence-corrected chi connectivity index (χ4v) is 3.11. The molecule has 1 saturated heterocycles. The molecule has 7 nitrogen and oxygen atoms in total. The average molecular weight is 367 g/mol. The van der Waals surface area contributed by atoms with E-state index in [1.807, 2.05) is 0 Å². The van der Waals surface area contributed by atoms with E-state index in [1.54, 1.807) is 55.6 Å². The first-order valence-electron chi connectivity index (χ1n) is 8.65. The predicted molar refractivity (Wildman–Crippen MR) is 101 cm³/mol. The molecule has 3 amide bonds. The molecular weight excluding hydrogens is 346 g/mol. The van der Waals surface area contributed by atoms with Gasteiger partial charge >= 0.3 is 0 Å². The van der Waals surface area contributed by atoms with Gasteiger partial charge in [0, 0.05) is 23.4 Å². The topological polar surface area (TPSA) is 102 Å². The molecular formula is C20H21N3O4. The summed E-state index contributed by atoms with van der Waals surface area (Å²) in [7, 11) is 1.56. The van der Waals surface area contributed by atoms with Gasteiger partial charge in [-0.2, -0.15) is 0 Å². The molecule has 0 spiro atoms. The fourth-order valence-electron chi connectivity index (χ4n) is 3.11. The number of carbonyl (C=O) groups excluding carboxylic acids is 3. The lowest BCUT2D eigenvalue weighted by Crippen LogP contribution is -2.43. The highest BCUT2D eigenvalue weighted by molar-refractivity contribution is 6.04. The second kappa shape index (κ2) is 7.90. The molecule has 0 radical (unpaired) electrons. The lowest BCUT2D eigenvalue weighted by molar-refractivity contribution is -0.121. The molecule has 1 aliphatic heterocycles. The molecule has 140 valence electrons. The standard InChI is InChI=1S/C20H21N3O4/c1-27-16-10-6-13(7-11-16)19(25)22-15-8-4-14(5-9-15)20(26)23-12-2-3-17(23)18(21)24/h4-11,17H,2-3,12H2,1H3,(H2,21,24)(H,22,25)/t17-/m0/s1. The van der Waals surface area contributed by atoms with E-state index in [4.69, 9.17) is 10.5 Å². The van der Waals surface area contributed by atoms with E-state index >= 15 is 0 Å². The summed E-state index contributed by atoms with van der Waals surface area (Å²) in [6.45, 7) is 0.516. The number of hydrogen-bond acceptors (Lipinski definition) is 4. The summed E-state index contributed by atoms with van der Waals surface area (Å²) < 4.78 is 5.07. The van der Waals surface area contributed by atoms with Crippen LogP contribution in [0.5, 0.6) is 5.75 Å². The number of hydrogen-bond donors (Lipinski definition) is 2. The maximum absolute atomic E-state index is 12.6. The van der Waals surface area contributed by atoms with E-state index in [0.717, 1.165) is 6.42 Å². The number of methoxy groups -OCH3 is 1. The van der Waals surface area contributed by atoms with Gasteiger partial charge in [0.25, 0.3) is 11.8 Å². The summed E-state index contributed by atoms with van der Waals surface area (Å²) in [6.07, 6.45) is 1.35. The van der Waals surface area contributed by atoms with Gasteiger partial charge in [0.1, 0.15) is 11.8 Å². The van der Waals surface area contributed by atoms with Gasteiger partial charge in [0.2, 0.25) is 5.91 Å². The lowest BCUT2D eigenvalue weighted by atomic mass is 10.1. The number of nitrogens with zero attached hydrogens (tertiary/aromatic N) is 1. The van der Waals surface area contributed by atoms with E-state index in [0.29, 0.717) is 35.5 Å². The molecule has 1 heterocycles. The van der Waals surface area contributed by atoms with Crippen LogP contribution in [0.3, 0.4) is 0 Å². The number of carbonyl (C=O) groups is 3. The maximum Gasteiger partial charge on any atom is 0.255 e. The Morgan fingerprint density at radius 1 is 1.04 bits per heavy atom. The first-order valence-corrected chi connectivity index (χ1v) is 8.65. The normalized spacial score (nSPS) is 16.0. The monoisotopic (exact) mass is 367 g/mol. The van der Waals surface area contributed by atoms with Crippen LogP contribution in [0.2, 0.25) is 0 Å². The van der Waals surface area contributed by atoms with E-state index in [2.05, 4.69) is 5.32 Å². The minimum Gasteiger partial charge on any atom is -0.497 e. The third kappa shape index (κ3) is 4.08. The summed E-state index contributed by atoms with van der Waals surface area (Å²) in [6, 6.07) is 12.8. The summed E-state index contributed by atoms with van der Waals surface area (Å²) in [5, 5.41) is 2.78. The molecule has 0 saturated carbocycles. The Kier molecular flexibility index (Phi) is 5.40. The molecule has 2 aromatic rings. The van der Waals surface area contributed by atoms with Crippen molar-refractivity contribution < 1.29 is 19.1 Å². The SMILES string of the molecule is COc1ccc(C(=O)Nc2ccc(C(=O)N3CCC[C@H]3C(N)=O)cc2)cc1. The van der Waals surface area contributed by atoms with Crippen LogP contribution in [0.4, 0.5) is 5.69 Å². The van der Waals surface area contributed by atoms with Crippen molar-refractivity contribution in [1.82, 2.24) is 4.90 Å². The third-order valence-electron chi connectivity index (χ3n) is 4.58. The van der Waals surface area contributed by atoms with Crippen LogP contribution in [-0.2, 0) is 4.79 Å². The zero-order valence-corrected chi connectivity index (χ0v) is 15.0. The summed E-state index contributed by atoms with van der Waals surface area (Å²) in [4.78, 5) is 37.9. The number of primary amides is 1. The Labute approximate surface area is 157 Å². The highest BCUT2D eigenvalue weighted by Gasteiger charge is 2.33. The van der Waals surface area contributed by atoms with Crippen molar-refractivity contribution in [3.8, 4) is 5.75 Å². The molecule has 1 atom stereocenters. The highest BCUT2D eigenvalue weighted by Crippen LogP contribution is 2.21. The van der Waals surface area contributed by atoms with Crippen LogP contribution in [0.1, 0.15) is 33.6 Å². The first kappa shape index (κ1) is 18.4. The summed E-state index contributed by atoms with van der Waals surface area (Å²) in [5.41, 5.74) is 6.89. The van der Waals surface area contributed by atoms with E-state index in [9.17, 15) is 14.4 Å². The second-order valence-corrected chi connectivity index (χ2v) is 6.32. The van der Waals surface area contributed by atoms with Crippen molar-refractivity contribution in [1.29, 1.82) is 0 Å². The van der Waals surface area contributed by atoms with Gasteiger partial charge in [-0.05, 0) is 61.4 Å². The van der Waals surface area contributed by atoms with Crippen molar-refractivity contribution in [2.45, 2.75) is 18.9 Å². The third-order valence-corrected chi connectivity index (χ3v) is 4.58. The molecule has 1 fully saturated rings. The lowest BCUT2D eigenvalue weighted by Gasteiger charge is -2.22. The molecule has 0 bridgehead atoms. The van der Waals surface area contributed by atoms with Crippen molar-refractivity contribution in [2.75, 3.05) is 19.0 Å². The van der Waals surface area contributed by atoms with Crippen LogP contribution < -0.4 is 15.8 Å². The largest absolute Gasteiger partial charge is 0.497 e. The number of nitrogens with one attached hydrogen (secondary N) is 1. The number of nitrogens with two attached hydrogens (primary N) is 1. The van der Waals surface area contributed by atoms with Crippen LogP contribution in [0, 0.1) is 0 Å². The quantitative estimate of drug-likeness (QED) is 0.844. The second-order valence-electron chi connectivity index (χ2n) is 6.32. The zero-order valence-electron chi connectivity index (χ0n) is 15.0. The van der Waals surface area contributed by atoms with Crippen LogP contribution >= 0.6 is 0 Å². The van der Waals surface area contributed by atoms with Gasteiger partial charge in [-0.25, -0.2) is 0 Å². The molecule has 7 heteroatoms. The van der Waals surface area contributed by atoms with Crippen molar-refractivity contribution in [2.24, 2.45) is 5.73 Å². The number of amides is 3. The molecule has 27 heavy (non-hydrogen) atoms. The van der Waals surface area contributed by atoms with Crippen molar-refractivity contribution >= 4 is 23.4 Å². The van der Waals surface area contributed by atoms with Gasteiger partial charge in [0.05, 0.1) is 7.11 Å². The summed E-state index contributed by atoms with van der Waals surface area (Å²) in [5.74, 6) is -0.302. The van der Waals surface area contributed by atoms with Crippen molar-refractivity contribution in [3.05, 3.63) is 59.7 Å². The molecule has 1 aliphatic rings. The minimum atomic E-state index is -0.549.